The predicted molar refractivity (Wildman–Crippen MR) is 81.2 cm³/mol. The van der Waals surface area contributed by atoms with Gasteiger partial charge in [0.25, 0.3) is 5.91 Å². The first-order valence-electron chi connectivity index (χ1n) is 7.63. The SMILES string of the molecule is CC(CNC(=O)c1ccc2c(c1)NCC2)N1CCCC1. The number of anilines is 1. The molecule has 2 heterocycles. The second kappa shape index (κ2) is 5.83. The number of likely N-dealkylation sites (tertiary alicyclic amines) is 1. The zero-order valence-electron chi connectivity index (χ0n) is 12.1. The number of nitrogens with one attached hydrogen (secondary N) is 2. The molecule has 1 fully saturated rings. The first-order chi connectivity index (χ1) is 9.74. The Balaban J connectivity index is 1.56. The van der Waals surface area contributed by atoms with Crippen molar-refractivity contribution in [2.75, 3.05) is 31.5 Å². The number of amides is 1. The average molecular weight is 273 g/mol. The van der Waals surface area contributed by atoms with Gasteiger partial charge in [0.15, 0.2) is 0 Å². The third-order valence-electron chi connectivity index (χ3n) is 4.40. The number of hydrogen-bond donors (Lipinski definition) is 2. The van der Waals surface area contributed by atoms with Crippen molar-refractivity contribution in [3.63, 3.8) is 0 Å². The summed E-state index contributed by atoms with van der Waals surface area (Å²) in [6, 6.07) is 6.39. The Kier molecular flexibility index (Phi) is 3.92. The lowest BCUT2D eigenvalue weighted by Gasteiger charge is -2.23. The van der Waals surface area contributed by atoms with Crippen molar-refractivity contribution in [1.82, 2.24) is 10.2 Å². The van der Waals surface area contributed by atoms with E-state index in [-0.39, 0.29) is 5.91 Å². The molecule has 0 spiro atoms. The molecular weight excluding hydrogens is 250 g/mol. The Morgan fingerprint density at radius 2 is 2.20 bits per heavy atom. The Bertz CT molecular complexity index is 494. The molecule has 0 bridgehead atoms. The molecule has 0 radical (unpaired) electrons. The second-order valence-corrected chi connectivity index (χ2v) is 5.85. The molecule has 2 aliphatic rings. The van der Waals surface area contributed by atoms with Crippen molar-refractivity contribution in [1.29, 1.82) is 0 Å². The van der Waals surface area contributed by atoms with Gasteiger partial charge in [-0.3, -0.25) is 9.69 Å². The Morgan fingerprint density at radius 1 is 1.40 bits per heavy atom. The Morgan fingerprint density at radius 3 is 3.00 bits per heavy atom. The molecule has 4 heteroatoms. The van der Waals surface area contributed by atoms with Gasteiger partial charge in [0.05, 0.1) is 0 Å². The van der Waals surface area contributed by atoms with Crippen LogP contribution in [0.2, 0.25) is 0 Å². The summed E-state index contributed by atoms with van der Waals surface area (Å²) in [4.78, 5) is 14.7. The molecule has 0 saturated carbocycles. The summed E-state index contributed by atoms with van der Waals surface area (Å²) in [6.07, 6.45) is 3.63. The van der Waals surface area contributed by atoms with Crippen molar-refractivity contribution < 1.29 is 4.79 Å². The summed E-state index contributed by atoms with van der Waals surface area (Å²) in [5, 5.41) is 6.38. The lowest BCUT2D eigenvalue weighted by molar-refractivity contribution is 0.0940. The van der Waals surface area contributed by atoms with E-state index in [9.17, 15) is 4.79 Å². The highest BCUT2D eigenvalue weighted by molar-refractivity contribution is 5.95. The number of carbonyl (C=O) groups excluding carboxylic acids is 1. The van der Waals surface area contributed by atoms with E-state index in [4.69, 9.17) is 0 Å². The summed E-state index contributed by atoms with van der Waals surface area (Å²) in [5.41, 5.74) is 3.18. The highest BCUT2D eigenvalue weighted by atomic mass is 16.1. The number of nitrogens with zero attached hydrogens (tertiary/aromatic N) is 1. The molecule has 0 aromatic heterocycles. The summed E-state index contributed by atoms with van der Waals surface area (Å²) in [6.45, 7) is 6.23. The first-order valence-corrected chi connectivity index (χ1v) is 7.63. The molecule has 3 rings (SSSR count). The monoisotopic (exact) mass is 273 g/mol. The lowest BCUT2D eigenvalue weighted by Crippen LogP contribution is -2.40. The van der Waals surface area contributed by atoms with Gasteiger partial charge in [-0.2, -0.15) is 0 Å². The van der Waals surface area contributed by atoms with E-state index >= 15 is 0 Å². The molecule has 1 amide bonds. The van der Waals surface area contributed by atoms with E-state index < -0.39 is 0 Å². The molecule has 20 heavy (non-hydrogen) atoms. The van der Waals surface area contributed by atoms with Crippen LogP contribution in [0.4, 0.5) is 5.69 Å². The maximum absolute atomic E-state index is 12.2. The quantitative estimate of drug-likeness (QED) is 0.880. The van der Waals surface area contributed by atoms with Crippen LogP contribution < -0.4 is 10.6 Å². The standard InChI is InChI=1S/C16H23N3O/c1-12(19-8-2-3-9-19)11-18-16(20)14-5-4-13-6-7-17-15(13)10-14/h4-5,10,12,17H,2-3,6-9,11H2,1H3,(H,18,20). The maximum atomic E-state index is 12.2. The summed E-state index contributed by atoms with van der Waals surface area (Å²) >= 11 is 0. The minimum absolute atomic E-state index is 0.0348. The van der Waals surface area contributed by atoms with E-state index in [2.05, 4.69) is 28.5 Å². The van der Waals surface area contributed by atoms with Crippen LogP contribution in [0.1, 0.15) is 35.7 Å². The molecule has 2 aliphatic heterocycles. The van der Waals surface area contributed by atoms with Crippen molar-refractivity contribution in [2.24, 2.45) is 0 Å². The van der Waals surface area contributed by atoms with Crippen LogP contribution in [0.25, 0.3) is 0 Å². The van der Waals surface area contributed by atoms with E-state index in [0.29, 0.717) is 6.04 Å². The molecule has 1 unspecified atom stereocenters. The number of fused-ring (bicyclic) bond motifs is 1. The summed E-state index contributed by atoms with van der Waals surface area (Å²) < 4.78 is 0. The molecule has 1 aromatic rings. The molecule has 108 valence electrons. The van der Waals surface area contributed by atoms with Gasteiger partial charge in [0, 0.05) is 30.4 Å². The molecular formula is C16H23N3O. The van der Waals surface area contributed by atoms with Crippen LogP contribution in [0, 0.1) is 0 Å². The molecule has 1 aromatic carbocycles. The van der Waals surface area contributed by atoms with E-state index in [1.54, 1.807) is 0 Å². The van der Waals surface area contributed by atoms with Crippen LogP contribution in [0.3, 0.4) is 0 Å². The van der Waals surface area contributed by atoms with E-state index in [1.165, 1.54) is 31.5 Å². The van der Waals surface area contributed by atoms with Crippen LogP contribution in [0.5, 0.6) is 0 Å². The van der Waals surface area contributed by atoms with Crippen LogP contribution >= 0.6 is 0 Å². The van der Waals surface area contributed by atoms with Gasteiger partial charge in [0.1, 0.15) is 0 Å². The number of rotatable bonds is 4. The van der Waals surface area contributed by atoms with Gasteiger partial charge < -0.3 is 10.6 Å². The maximum Gasteiger partial charge on any atom is 0.251 e. The molecule has 0 aliphatic carbocycles. The molecule has 2 N–H and O–H groups in total. The van der Waals surface area contributed by atoms with Crippen molar-refractivity contribution in [2.45, 2.75) is 32.2 Å². The van der Waals surface area contributed by atoms with Crippen LogP contribution in [-0.2, 0) is 6.42 Å². The van der Waals surface area contributed by atoms with Crippen molar-refractivity contribution in [3.05, 3.63) is 29.3 Å². The minimum atomic E-state index is 0.0348. The van der Waals surface area contributed by atoms with Crippen LogP contribution in [-0.4, -0.2) is 43.0 Å². The fraction of sp³-hybridized carbons (Fsp3) is 0.562. The van der Waals surface area contributed by atoms with Gasteiger partial charge >= 0.3 is 0 Å². The predicted octanol–water partition coefficient (Wildman–Crippen LogP) is 1.87. The van der Waals surface area contributed by atoms with E-state index in [1.807, 2.05) is 12.1 Å². The number of carbonyl (C=O) groups is 1. The highest BCUT2D eigenvalue weighted by Crippen LogP contribution is 2.23. The molecule has 4 nitrogen and oxygen atoms in total. The van der Waals surface area contributed by atoms with Gasteiger partial charge in [-0.05, 0) is 57.0 Å². The molecule has 1 saturated heterocycles. The zero-order valence-corrected chi connectivity index (χ0v) is 12.1. The highest BCUT2D eigenvalue weighted by Gasteiger charge is 2.19. The third-order valence-corrected chi connectivity index (χ3v) is 4.40. The lowest BCUT2D eigenvalue weighted by atomic mass is 10.1. The molecule has 1 atom stereocenters. The minimum Gasteiger partial charge on any atom is -0.384 e. The van der Waals surface area contributed by atoms with Gasteiger partial charge in [-0.1, -0.05) is 6.07 Å². The van der Waals surface area contributed by atoms with Crippen molar-refractivity contribution >= 4 is 11.6 Å². The van der Waals surface area contributed by atoms with E-state index in [0.717, 1.165) is 30.8 Å². The van der Waals surface area contributed by atoms with Gasteiger partial charge in [-0.25, -0.2) is 0 Å². The normalized spacial score (nSPS) is 19.4. The third kappa shape index (κ3) is 2.80. The average Bonchev–Trinajstić information content (AvgIpc) is 3.13. The Hall–Kier alpha value is -1.55. The Labute approximate surface area is 120 Å². The fourth-order valence-electron chi connectivity index (χ4n) is 3.09. The number of benzene rings is 1. The van der Waals surface area contributed by atoms with Crippen LogP contribution in [0.15, 0.2) is 18.2 Å². The second-order valence-electron chi connectivity index (χ2n) is 5.85. The zero-order chi connectivity index (χ0) is 13.9. The topological polar surface area (TPSA) is 44.4 Å². The summed E-state index contributed by atoms with van der Waals surface area (Å²) in [7, 11) is 0. The fourth-order valence-corrected chi connectivity index (χ4v) is 3.09. The largest absolute Gasteiger partial charge is 0.384 e. The summed E-state index contributed by atoms with van der Waals surface area (Å²) in [5.74, 6) is 0.0348. The van der Waals surface area contributed by atoms with Gasteiger partial charge in [0.2, 0.25) is 0 Å². The van der Waals surface area contributed by atoms with Crippen molar-refractivity contribution in [3.8, 4) is 0 Å². The first kappa shape index (κ1) is 13.4. The number of hydrogen-bond acceptors (Lipinski definition) is 3. The smallest absolute Gasteiger partial charge is 0.251 e. The van der Waals surface area contributed by atoms with Gasteiger partial charge in [-0.15, -0.1) is 0 Å².